The quantitative estimate of drug-likeness (QED) is 0.790. The van der Waals surface area contributed by atoms with Crippen LogP contribution in [0, 0.1) is 6.92 Å². The third-order valence-electron chi connectivity index (χ3n) is 6.07. The second-order valence-corrected chi connectivity index (χ2v) is 8.25. The molecule has 0 radical (unpaired) electrons. The molecule has 4 rings (SSSR count). The maximum Gasteiger partial charge on any atom is 0.265 e. The fourth-order valence-electron chi connectivity index (χ4n) is 4.37. The van der Waals surface area contributed by atoms with Crippen molar-refractivity contribution in [3.63, 3.8) is 0 Å². The standard InChI is InChI=1S/C24H28N2O3/c1-18-10-12-19(13-11-18)22(27)16-24(29)20-8-4-5-9-21(20)26(23(24)28)17-25-14-6-2-3-7-15-25/h4-5,8-13,29H,2-3,6-7,14-17H2,1H3/t24-/m1/s1. The monoisotopic (exact) mass is 392 g/mol. The summed E-state index contributed by atoms with van der Waals surface area (Å²) in [7, 11) is 0. The highest BCUT2D eigenvalue weighted by Crippen LogP contribution is 2.43. The Morgan fingerprint density at radius 3 is 2.34 bits per heavy atom. The molecule has 1 N–H and O–H groups in total. The lowest BCUT2D eigenvalue weighted by Crippen LogP contribution is -2.46. The molecule has 152 valence electrons. The molecule has 2 aromatic carbocycles. The fourth-order valence-corrected chi connectivity index (χ4v) is 4.37. The molecule has 0 saturated carbocycles. The van der Waals surface area contributed by atoms with Gasteiger partial charge in [0.15, 0.2) is 11.4 Å². The van der Waals surface area contributed by atoms with Crippen LogP contribution in [0.2, 0.25) is 0 Å². The molecule has 1 fully saturated rings. The zero-order valence-corrected chi connectivity index (χ0v) is 16.9. The summed E-state index contributed by atoms with van der Waals surface area (Å²) in [5, 5.41) is 11.4. The van der Waals surface area contributed by atoms with Crippen molar-refractivity contribution in [2.24, 2.45) is 0 Å². The van der Waals surface area contributed by atoms with E-state index in [4.69, 9.17) is 0 Å². The molecule has 5 heteroatoms. The van der Waals surface area contributed by atoms with Crippen molar-refractivity contribution < 1.29 is 14.7 Å². The number of Topliss-reactive ketones (excluding diaryl/α,β-unsaturated/α-hetero) is 1. The molecule has 1 amide bonds. The van der Waals surface area contributed by atoms with Gasteiger partial charge in [-0.3, -0.25) is 19.4 Å². The molecule has 2 aliphatic heterocycles. The van der Waals surface area contributed by atoms with Crippen LogP contribution in [0.15, 0.2) is 48.5 Å². The van der Waals surface area contributed by atoms with Crippen molar-refractivity contribution in [3.05, 3.63) is 65.2 Å². The predicted molar refractivity (Wildman–Crippen MR) is 113 cm³/mol. The van der Waals surface area contributed by atoms with Crippen molar-refractivity contribution in [2.45, 2.75) is 44.6 Å². The topological polar surface area (TPSA) is 60.9 Å². The van der Waals surface area contributed by atoms with E-state index in [0.29, 0.717) is 23.5 Å². The largest absolute Gasteiger partial charge is 0.375 e. The van der Waals surface area contributed by atoms with Gasteiger partial charge in [0.2, 0.25) is 0 Å². The maximum absolute atomic E-state index is 13.4. The van der Waals surface area contributed by atoms with E-state index in [-0.39, 0.29) is 12.2 Å². The average Bonchev–Trinajstić information content (AvgIpc) is 2.91. The fraction of sp³-hybridized carbons (Fsp3) is 0.417. The minimum atomic E-state index is -1.82. The zero-order chi connectivity index (χ0) is 20.4. The van der Waals surface area contributed by atoms with E-state index in [9.17, 15) is 14.7 Å². The maximum atomic E-state index is 13.4. The molecule has 2 aliphatic rings. The Labute approximate surface area is 171 Å². The normalized spacial score (nSPS) is 22.4. The number of ketones is 1. The summed E-state index contributed by atoms with van der Waals surface area (Å²) in [5.74, 6) is -0.629. The number of benzene rings is 2. The van der Waals surface area contributed by atoms with Crippen LogP contribution in [0.1, 0.15) is 53.6 Å². The van der Waals surface area contributed by atoms with Gasteiger partial charge >= 0.3 is 0 Å². The minimum absolute atomic E-state index is 0.229. The van der Waals surface area contributed by atoms with Crippen LogP contribution in [-0.2, 0) is 10.4 Å². The van der Waals surface area contributed by atoms with E-state index in [1.54, 1.807) is 23.1 Å². The molecular formula is C24H28N2O3. The van der Waals surface area contributed by atoms with Gasteiger partial charge in [0, 0.05) is 11.1 Å². The third-order valence-corrected chi connectivity index (χ3v) is 6.07. The smallest absolute Gasteiger partial charge is 0.265 e. The van der Waals surface area contributed by atoms with Crippen LogP contribution in [0.3, 0.4) is 0 Å². The van der Waals surface area contributed by atoms with Crippen LogP contribution in [0.4, 0.5) is 5.69 Å². The van der Waals surface area contributed by atoms with Gasteiger partial charge in [0.25, 0.3) is 5.91 Å². The Bertz CT molecular complexity index is 901. The number of rotatable bonds is 5. The van der Waals surface area contributed by atoms with Gasteiger partial charge in [-0.15, -0.1) is 0 Å². The van der Waals surface area contributed by atoms with E-state index in [0.717, 1.165) is 31.5 Å². The molecular weight excluding hydrogens is 364 g/mol. The molecule has 29 heavy (non-hydrogen) atoms. The minimum Gasteiger partial charge on any atom is -0.375 e. The SMILES string of the molecule is Cc1ccc(C(=O)C[C@]2(O)C(=O)N(CN3CCCCCC3)c3ccccc32)cc1. The van der Waals surface area contributed by atoms with Gasteiger partial charge in [-0.25, -0.2) is 0 Å². The summed E-state index contributed by atoms with van der Waals surface area (Å²) in [6.45, 7) is 4.31. The molecule has 0 aromatic heterocycles. The van der Waals surface area contributed by atoms with Crippen LogP contribution >= 0.6 is 0 Å². The molecule has 0 bridgehead atoms. The highest BCUT2D eigenvalue weighted by molar-refractivity contribution is 6.10. The molecule has 1 saturated heterocycles. The number of aryl methyl sites for hydroxylation is 1. The van der Waals surface area contributed by atoms with Crippen LogP contribution in [0.5, 0.6) is 0 Å². The first-order valence-corrected chi connectivity index (χ1v) is 10.4. The van der Waals surface area contributed by atoms with E-state index >= 15 is 0 Å². The van der Waals surface area contributed by atoms with E-state index < -0.39 is 11.5 Å². The summed E-state index contributed by atoms with van der Waals surface area (Å²) in [4.78, 5) is 30.2. The second kappa shape index (κ2) is 8.09. The van der Waals surface area contributed by atoms with Gasteiger partial charge < -0.3 is 5.11 Å². The second-order valence-electron chi connectivity index (χ2n) is 8.25. The first kappa shape index (κ1) is 19.8. The summed E-state index contributed by atoms with van der Waals surface area (Å²) < 4.78 is 0. The number of aliphatic hydroxyl groups is 1. The van der Waals surface area contributed by atoms with Gasteiger partial charge in [0.05, 0.1) is 18.8 Å². The number of anilines is 1. The number of nitrogens with zero attached hydrogens (tertiary/aromatic N) is 2. The van der Waals surface area contributed by atoms with Gasteiger partial charge in [-0.1, -0.05) is 60.9 Å². The Morgan fingerprint density at radius 2 is 1.66 bits per heavy atom. The number of para-hydroxylation sites is 1. The van der Waals surface area contributed by atoms with Crippen molar-refractivity contribution in [1.29, 1.82) is 0 Å². The molecule has 2 aromatic rings. The van der Waals surface area contributed by atoms with Crippen LogP contribution < -0.4 is 4.90 Å². The molecule has 0 unspecified atom stereocenters. The van der Waals surface area contributed by atoms with E-state index in [2.05, 4.69) is 4.90 Å². The first-order valence-electron chi connectivity index (χ1n) is 10.4. The van der Waals surface area contributed by atoms with Crippen molar-refractivity contribution in [3.8, 4) is 0 Å². The number of amides is 1. The lowest BCUT2D eigenvalue weighted by Gasteiger charge is -2.28. The third kappa shape index (κ3) is 3.85. The summed E-state index contributed by atoms with van der Waals surface area (Å²) in [6.07, 6.45) is 4.44. The zero-order valence-electron chi connectivity index (χ0n) is 16.9. The van der Waals surface area contributed by atoms with Crippen LogP contribution in [-0.4, -0.2) is 41.5 Å². The Hall–Kier alpha value is -2.50. The summed E-state index contributed by atoms with van der Waals surface area (Å²) in [5.41, 5.74) is 0.998. The number of carbonyl (C=O) groups excluding carboxylic acids is 2. The number of hydrogen-bond donors (Lipinski definition) is 1. The Kier molecular flexibility index (Phi) is 5.52. The highest BCUT2D eigenvalue weighted by atomic mass is 16.3. The van der Waals surface area contributed by atoms with Gasteiger partial charge in [0.1, 0.15) is 0 Å². The molecule has 0 aliphatic carbocycles. The Morgan fingerprint density at radius 1 is 1.00 bits per heavy atom. The van der Waals surface area contributed by atoms with E-state index in [1.165, 1.54) is 12.8 Å². The number of likely N-dealkylation sites (tertiary alicyclic amines) is 1. The Balaban J connectivity index is 1.60. The molecule has 2 heterocycles. The van der Waals surface area contributed by atoms with Crippen molar-refractivity contribution in [1.82, 2.24) is 4.90 Å². The van der Waals surface area contributed by atoms with E-state index in [1.807, 2.05) is 37.3 Å². The average molecular weight is 392 g/mol. The molecule has 5 nitrogen and oxygen atoms in total. The van der Waals surface area contributed by atoms with Gasteiger partial charge in [-0.05, 0) is 38.9 Å². The predicted octanol–water partition coefficient (Wildman–Crippen LogP) is 3.64. The molecule has 0 spiro atoms. The summed E-state index contributed by atoms with van der Waals surface area (Å²) >= 11 is 0. The lowest BCUT2D eigenvalue weighted by molar-refractivity contribution is -0.136. The summed E-state index contributed by atoms with van der Waals surface area (Å²) in [6, 6.07) is 14.5. The van der Waals surface area contributed by atoms with Crippen molar-refractivity contribution >= 4 is 17.4 Å². The first-order chi connectivity index (χ1) is 14.0. The highest BCUT2D eigenvalue weighted by Gasteiger charge is 2.51. The van der Waals surface area contributed by atoms with Gasteiger partial charge in [-0.2, -0.15) is 0 Å². The lowest BCUT2D eigenvalue weighted by atomic mass is 9.88. The van der Waals surface area contributed by atoms with Crippen molar-refractivity contribution in [2.75, 3.05) is 24.7 Å². The number of fused-ring (bicyclic) bond motifs is 1. The number of carbonyl (C=O) groups is 2. The molecule has 1 atom stereocenters. The number of hydrogen-bond acceptors (Lipinski definition) is 4. The van der Waals surface area contributed by atoms with Crippen LogP contribution in [0.25, 0.3) is 0 Å².